The number of ether oxygens (including phenoxy) is 2. The van der Waals surface area contributed by atoms with Gasteiger partial charge in [0.25, 0.3) is 5.91 Å². The highest BCUT2D eigenvalue weighted by Crippen LogP contribution is 2.27. The first kappa shape index (κ1) is 18.8. The van der Waals surface area contributed by atoms with Gasteiger partial charge >= 0.3 is 5.97 Å². The number of rotatable bonds is 7. The SMILES string of the molecule is COc1ccc(Cl)cc1NC(=O)COC(=O)C[C@H](C)c1ccccc1. The fourth-order valence-electron chi connectivity index (χ4n) is 2.32. The Balaban J connectivity index is 1.83. The first-order chi connectivity index (χ1) is 12.0. The number of carbonyl (C=O) groups excluding carboxylic acids is 2. The lowest BCUT2D eigenvalue weighted by atomic mass is 9.98. The lowest BCUT2D eigenvalue weighted by Gasteiger charge is -2.12. The monoisotopic (exact) mass is 361 g/mol. The number of carbonyl (C=O) groups is 2. The molecular formula is C19H20ClNO4. The van der Waals surface area contributed by atoms with Crippen LogP contribution in [0.25, 0.3) is 0 Å². The van der Waals surface area contributed by atoms with Crippen LogP contribution in [0.2, 0.25) is 5.02 Å². The van der Waals surface area contributed by atoms with Crippen LogP contribution in [0.4, 0.5) is 5.69 Å². The fraction of sp³-hybridized carbons (Fsp3) is 0.263. The number of nitrogens with one attached hydrogen (secondary N) is 1. The Bertz CT molecular complexity index is 733. The minimum absolute atomic E-state index is 0.0183. The standard InChI is InChI=1S/C19H20ClNO4/c1-13(14-6-4-3-5-7-14)10-19(23)25-12-18(22)21-16-11-15(20)8-9-17(16)24-2/h3-9,11,13H,10,12H2,1-2H3,(H,21,22)/t13-/m0/s1. The molecule has 1 atom stereocenters. The Hall–Kier alpha value is -2.53. The van der Waals surface area contributed by atoms with Crippen LogP contribution in [-0.4, -0.2) is 25.6 Å². The molecule has 0 saturated carbocycles. The summed E-state index contributed by atoms with van der Waals surface area (Å²) in [6.45, 7) is 1.57. The van der Waals surface area contributed by atoms with E-state index < -0.39 is 11.9 Å². The summed E-state index contributed by atoms with van der Waals surface area (Å²) < 4.78 is 10.2. The Morgan fingerprint density at radius 2 is 1.88 bits per heavy atom. The second-order valence-corrected chi connectivity index (χ2v) is 6.01. The molecular weight excluding hydrogens is 342 g/mol. The van der Waals surface area contributed by atoms with Gasteiger partial charge < -0.3 is 14.8 Å². The molecule has 25 heavy (non-hydrogen) atoms. The molecule has 1 amide bonds. The predicted octanol–water partition coefficient (Wildman–Crippen LogP) is 4.02. The number of hydrogen-bond acceptors (Lipinski definition) is 4. The second-order valence-electron chi connectivity index (χ2n) is 5.57. The first-order valence-corrected chi connectivity index (χ1v) is 8.21. The maximum absolute atomic E-state index is 12.0. The minimum atomic E-state index is -0.457. The van der Waals surface area contributed by atoms with Gasteiger partial charge in [-0.05, 0) is 29.7 Å². The van der Waals surface area contributed by atoms with Crippen LogP contribution in [0, 0.1) is 0 Å². The van der Waals surface area contributed by atoms with Crippen molar-refractivity contribution in [3.05, 3.63) is 59.1 Å². The van der Waals surface area contributed by atoms with E-state index in [4.69, 9.17) is 21.1 Å². The molecule has 0 unspecified atom stereocenters. The van der Waals surface area contributed by atoms with E-state index >= 15 is 0 Å². The maximum Gasteiger partial charge on any atom is 0.306 e. The number of hydrogen-bond donors (Lipinski definition) is 1. The molecule has 0 radical (unpaired) electrons. The van der Waals surface area contributed by atoms with Crippen LogP contribution in [-0.2, 0) is 14.3 Å². The van der Waals surface area contributed by atoms with Gasteiger partial charge in [0.2, 0.25) is 0 Å². The third-order valence-electron chi connectivity index (χ3n) is 3.64. The minimum Gasteiger partial charge on any atom is -0.495 e. The van der Waals surface area contributed by atoms with Gasteiger partial charge in [-0.15, -0.1) is 0 Å². The van der Waals surface area contributed by atoms with E-state index in [2.05, 4.69) is 5.32 Å². The summed E-state index contributed by atoms with van der Waals surface area (Å²) in [7, 11) is 1.49. The smallest absolute Gasteiger partial charge is 0.306 e. The molecule has 0 aromatic heterocycles. The van der Waals surface area contributed by atoms with Gasteiger partial charge in [0.05, 0.1) is 19.2 Å². The van der Waals surface area contributed by atoms with Crippen LogP contribution in [0.3, 0.4) is 0 Å². The molecule has 2 aromatic carbocycles. The maximum atomic E-state index is 12.0. The zero-order valence-electron chi connectivity index (χ0n) is 14.1. The normalized spacial score (nSPS) is 11.5. The van der Waals surface area contributed by atoms with Crippen molar-refractivity contribution >= 4 is 29.2 Å². The van der Waals surface area contributed by atoms with Crippen molar-refractivity contribution in [2.24, 2.45) is 0 Å². The van der Waals surface area contributed by atoms with Gasteiger partial charge in [-0.1, -0.05) is 48.9 Å². The van der Waals surface area contributed by atoms with Crippen molar-refractivity contribution in [2.75, 3.05) is 19.0 Å². The molecule has 0 fully saturated rings. The van der Waals surface area contributed by atoms with E-state index in [0.29, 0.717) is 16.5 Å². The highest BCUT2D eigenvalue weighted by molar-refractivity contribution is 6.31. The number of halogens is 1. The number of benzene rings is 2. The van der Waals surface area contributed by atoms with Gasteiger partial charge in [-0.25, -0.2) is 0 Å². The van der Waals surface area contributed by atoms with Gasteiger partial charge in [0, 0.05) is 5.02 Å². The molecule has 1 N–H and O–H groups in total. The summed E-state index contributed by atoms with van der Waals surface area (Å²) in [6, 6.07) is 14.5. The molecule has 0 aliphatic carbocycles. The molecule has 5 nitrogen and oxygen atoms in total. The van der Waals surface area contributed by atoms with E-state index in [1.807, 2.05) is 37.3 Å². The van der Waals surface area contributed by atoms with Gasteiger partial charge in [-0.2, -0.15) is 0 Å². The Labute approximate surface area is 151 Å². The highest BCUT2D eigenvalue weighted by atomic mass is 35.5. The predicted molar refractivity (Wildman–Crippen MR) is 97.1 cm³/mol. The van der Waals surface area contributed by atoms with E-state index in [0.717, 1.165) is 5.56 Å². The summed E-state index contributed by atoms with van der Waals surface area (Å²) in [5.74, 6) is -0.391. The van der Waals surface area contributed by atoms with Gasteiger partial charge in [0.1, 0.15) is 5.75 Å². The van der Waals surface area contributed by atoms with Crippen molar-refractivity contribution in [3.8, 4) is 5.75 Å². The third-order valence-corrected chi connectivity index (χ3v) is 3.88. The van der Waals surface area contributed by atoms with Crippen LogP contribution in [0.5, 0.6) is 5.75 Å². The van der Waals surface area contributed by atoms with Crippen LogP contribution in [0.15, 0.2) is 48.5 Å². The molecule has 6 heteroatoms. The Morgan fingerprint density at radius 3 is 2.56 bits per heavy atom. The zero-order chi connectivity index (χ0) is 18.2. The second kappa shape index (κ2) is 9.08. The van der Waals surface area contributed by atoms with Crippen molar-refractivity contribution < 1.29 is 19.1 Å². The fourth-order valence-corrected chi connectivity index (χ4v) is 2.49. The molecule has 0 aliphatic heterocycles. The first-order valence-electron chi connectivity index (χ1n) is 7.83. The molecule has 132 valence electrons. The number of amides is 1. The van der Waals surface area contributed by atoms with Crippen molar-refractivity contribution in [3.63, 3.8) is 0 Å². The quantitative estimate of drug-likeness (QED) is 0.756. The van der Waals surface area contributed by atoms with Crippen LogP contribution in [0.1, 0.15) is 24.8 Å². The Kier molecular flexibility index (Phi) is 6.83. The van der Waals surface area contributed by atoms with Crippen molar-refractivity contribution in [1.29, 1.82) is 0 Å². The third kappa shape index (κ3) is 5.80. The average Bonchev–Trinajstić information content (AvgIpc) is 2.61. The van der Waals surface area contributed by atoms with Crippen LogP contribution < -0.4 is 10.1 Å². The van der Waals surface area contributed by atoms with E-state index in [1.54, 1.807) is 18.2 Å². The zero-order valence-corrected chi connectivity index (χ0v) is 14.9. The van der Waals surface area contributed by atoms with Gasteiger partial charge in [0.15, 0.2) is 6.61 Å². The van der Waals surface area contributed by atoms with Gasteiger partial charge in [-0.3, -0.25) is 9.59 Å². The summed E-state index contributed by atoms with van der Waals surface area (Å²) in [5, 5.41) is 3.08. The molecule has 0 heterocycles. The lowest BCUT2D eigenvalue weighted by Crippen LogP contribution is -2.21. The molecule has 2 aromatic rings. The molecule has 0 bridgehead atoms. The van der Waals surface area contributed by atoms with E-state index in [9.17, 15) is 9.59 Å². The highest BCUT2D eigenvalue weighted by Gasteiger charge is 2.14. The summed E-state index contributed by atoms with van der Waals surface area (Å²) in [6.07, 6.45) is 0.206. The topological polar surface area (TPSA) is 64.6 Å². The van der Waals surface area contributed by atoms with Crippen LogP contribution >= 0.6 is 11.6 Å². The van der Waals surface area contributed by atoms with Crippen molar-refractivity contribution in [2.45, 2.75) is 19.3 Å². The molecule has 0 spiro atoms. The molecule has 0 aliphatic rings. The lowest BCUT2D eigenvalue weighted by molar-refractivity contribution is -0.147. The number of esters is 1. The Morgan fingerprint density at radius 1 is 1.16 bits per heavy atom. The largest absolute Gasteiger partial charge is 0.495 e. The molecule has 0 saturated heterocycles. The summed E-state index contributed by atoms with van der Waals surface area (Å²) in [4.78, 5) is 23.9. The summed E-state index contributed by atoms with van der Waals surface area (Å²) in [5.41, 5.74) is 1.47. The van der Waals surface area contributed by atoms with Crippen molar-refractivity contribution in [1.82, 2.24) is 0 Å². The van der Waals surface area contributed by atoms with E-state index in [1.165, 1.54) is 7.11 Å². The molecule has 2 rings (SSSR count). The number of methoxy groups -OCH3 is 1. The average molecular weight is 362 g/mol. The van der Waals surface area contributed by atoms with E-state index in [-0.39, 0.29) is 18.9 Å². The summed E-state index contributed by atoms with van der Waals surface area (Å²) >= 11 is 5.91. The number of anilines is 1.